The van der Waals surface area contributed by atoms with Crippen LogP contribution in [0, 0.1) is 0 Å². The second-order valence-electron chi connectivity index (χ2n) is 4.29. The van der Waals surface area contributed by atoms with Gasteiger partial charge < -0.3 is 14.3 Å². The second kappa shape index (κ2) is 5.53. The summed E-state index contributed by atoms with van der Waals surface area (Å²) in [4.78, 5) is 15.6. The number of rotatable bonds is 3. The fraction of sp³-hybridized carbons (Fsp3) is 0.0714. The normalized spacial score (nSPS) is 10.6. The minimum absolute atomic E-state index is 0.162. The first kappa shape index (κ1) is 13.6. The zero-order chi connectivity index (χ0) is 14.8. The highest BCUT2D eigenvalue weighted by atomic mass is 79.9. The summed E-state index contributed by atoms with van der Waals surface area (Å²) < 4.78 is 10.9. The van der Waals surface area contributed by atoms with Crippen LogP contribution in [0.2, 0.25) is 0 Å². The lowest BCUT2D eigenvalue weighted by Crippen LogP contribution is -2.06. The van der Waals surface area contributed by atoms with Crippen molar-refractivity contribution in [2.24, 2.45) is 0 Å². The Labute approximate surface area is 128 Å². The average Bonchev–Trinajstić information content (AvgIpc) is 3.07. The van der Waals surface area contributed by atoms with E-state index in [0.29, 0.717) is 33.2 Å². The third-order valence-electron chi connectivity index (χ3n) is 2.72. The molecular formula is C14H10BrN3O3. The Hall–Kier alpha value is -2.41. The van der Waals surface area contributed by atoms with Crippen LogP contribution in [0.15, 0.2) is 50.2 Å². The van der Waals surface area contributed by atoms with Crippen LogP contribution in [0.1, 0.15) is 6.92 Å². The van der Waals surface area contributed by atoms with Crippen LogP contribution in [0.4, 0.5) is 5.69 Å². The molecule has 0 radical (unpaired) electrons. The van der Waals surface area contributed by atoms with Gasteiger partial charge in [-0.05, 0) is 28.1 Å². The number of aromatic nitrogens is 2. The number of halogens is 1. The molecule has 0 saturated carbocycles. The summed E-state index contributed by atoms with van der Waals surface area (Å²) >= 11 is 3.22. The molecule has 3 aromatic rings. The van der Waals surface area contributed by atoms with Crippen LogP contribution in [0.25, 0.3) is 22.8 Å². The third kappa shape index (κ3) is 2.87. The van der Waals surface area contributed by atoms with Crippen LogP contribution in [-0.4, -0.2) is 16.0 Å². The van der Waals surface area contributed by atoms with E-state index in [0.717, 1.165) is 0 Å². The Morgan fingerprint density at radius 3 is 2.86 bits per heavy atom. The largest absolute Gasteiger partial charge is 0.457 e. The number of benzene rings is 1. The summed E-state index contributed by atoms with van der Waals surface area (Å²) in [7, 11) is 0. The zero-order valence-corrected chi connectivity index (χ0v) is 12.5. The molecule has 0 bridgehead atoms. The number of anilines is 1. The van der Waals surface area contributed by atoms with Crippen molar-refractivity contribution >= 4 is 27.5 Å². The molecule has 0 atom stereocenters. The fourth-order valence-electron chi connectivity index (χ4n) is 1.85. The Bertz CT molecular complexity index is 794. The highest BCUT2D eigenvalue weighted by Gasteiger charge is 2.15. The zero-order valence-electron chi connectivity index (χ0n) is 11.0. The topological polar surface area (TPSA) is 81.2 Å². The number of carbonyl (C=O) groups excluding carboxylic acids is 1. The van der Waals surface area contributed by atoms with E-state index in [1.165, 1.54) is 13.2 Å². The van der Waals surface area contributed by atoms with Gasteiger partial charge in [-0.3, -0.25) is 4.79 Å². The standard InChI is InChI=1S/C14H10BrN3O3/c1-8(19)16-11-5-3-2-4-10(11)13-17-14(21-18-13)9-6-12(15)20-7-9/h2-7H,1H3,(H,16,19). The van der Waals surface area contributed by atoms with Gasteiger partial charge in [-0.15, -0.1) is 0 Å². The summed E-state index contributed by atoms with van der Waals surface area (Å²) in [5.74, 6) is 0.577. The molecule has 0 unspecified atom stereocenters. The van der Waals surface area contributed by atoms with Gasteiger partial charge in [-0.25, -0.2) is 0 Å². The van der Waals surface area contributed by atoms with Gasteiger partial charge in [0.25, 0.3) is 5.89 Å². The van der Waals surface area contributed by atoms with Crippen LogP contribution in [-0.2, 0) is 4.79 Å². The Kier molecular flexibility index (Phi) is 3.57. The highest BCUT2D eigenvalue weighted by molar-refractivity contribution is 9.10. The lowest BCUT2D eigenvalue weighted by Gasteiger charge is -2.05. The minimum atomic E-state index is -0.162. The van der Waals surface area contributed by atoms with E-state index in [-0.39, 0.29) is 5.91 Å². The number of para-hydroxylation sites is 1. The summed E-state index contributed by atoms with van der Waals surface area (Å²) in [5.41, 5.74) is 1.99. The summed E-state index contributed by atoms with van der Waals surface area (Å²) in [6.07, 6.45) is 1.51. The van der Waals surface area contributed by atoms with Crippen LogP contribution in [0.3, 0.4) is 0 Å². The smallest absolute Gasteiger partial charge is 0.261 e. The first-order valence-electron chi connectivity index (χ1n) is 6.08. The number of hydrogen-bond donors (Lipinski definition) is 1. The maximum atomic E-state index is 11.2. The van der Waals surface area contributed by atoms with E-state index in [4.69, 9.17) is 8.94 Å². The molecule has 7 heteroatoms. The van der Waals surface area contributed by atoms with Gasteiger partial charge in [0.1, 0.15) is 6.26 Å². The van der Waals surface area contributed by atoms with Crippen molar-refractivity contribution in [3.63, 3.8) is 0 Å². The molecule has 2 heterocycles. The number of amides is 1. The van der Waals surface area contributed by atoms with Crippen LogP contribution >= 0.6 is 15.9 Å². The van der Waals surface area contributed by atoms with Gasteiger partial charge in [0.2, 0.25) is 11.7 Å². The highest BCUT2D eigenvalue weighted by Crippen LogP contribution is 2.29. The predicted molar refractivity (Wildman–Crippen MR) is 79.4 cm³/mol. The summed E-state index contributed by atoms with van der Waals surface area (Å²) in [6, 6.07) is 8.98. The molecule has 0 spiro atoms. The molecule has 2 aromatic heterocycles. The van der Waals surface area contributed by atoms with E-state index in [1.54, 1.807) is 12.1 Å². The number of furan rings is 1. The molecule has 1 aromatic carbocycles. The van der Waals surface area contributed by atoms with Gasteiger partial charge in [0.05, 0.1) is 11.3 Å². The number of nitrogens with zero attached hydrogens (tertiary/aromatic N) is 2. The number of hydrogen-bond acceptors (Lipinski definition) is 5. The van der Waals surface area contributed by atoms with E-state index >= 15 is 0 Å². The van der Waals surface area contributed by atoms with Crippen LogP contribution < -0.4 is 5.32 Å². The van der Waals surface area contributed by atoms with Crippen molar-refractivity contribution in [3.8, 4) is 22.8 Å². The first-order chi connectivity index (χ1) is 10.1. The molecule has 1 amide bonds. The van der Waals surface area contributed by atoms with Gasteiger partial charge in [-0.1, -0.05) is 17.3 Å². The molecule has 3 rings (SSSR count). The van der Waals surface area contributed by atoms with E-state index in [9.17, 15) is 4.79 Å². The summed E-state index contributed by atoms with van der Waals surface area (Å²) in [5, 5.41) is 6.68. The lowest BCUT2D eigenvalue weighted by atomic mass is 10.1. The van der Waals surface area contributed by atoms with Crippen molar-refractivity contribution in [1.82, 2.24) is 10.1 Å². The quantitative estimate of drug-likeness (QED) is 0.780. The van der Waals surface area contributed by atoms with Crippen molar-refractivity contribution < 1.29 is 13.7 Å². The monoisotopic (exact) mass is 347 g/mol. The number of carbonyl (C=O) groups is 1. The molecule has 0 aliphatic carbocycles. The molecule has 0 fully saturated rings. The molecule has 0 aliphatic rings. The Morgan fingerprint density at radius 1 is 1.33 bits per heavy atom. The fourth-order valence-corrected chi connectivity index (χ4v) is 2.19. The maximum absolute atomic E-state index is 11.2. The molecule has 21 heavy (non-hydrogen) atoms. The minimum Gasteiger partial charge on any atom is -0.457 e. The van der Waals surface area contributed by atoms with Gasteiger partial charge >= 0.3 is 0 Å². The van der Waals surface area contributed by atoms with Gasteiger partial charge in [0.15, 0.2) is 4.67 Å². The van der Waals surface area contributed by atoms with E-state index in [1.807, 2.05) is 18.2 Å². The Morgan fingerprint density at radius 2 is 2.14 bits per heavy atom. The summed E-state index contributed by atoms with van der Waals surface area (Å²) in [6.45, 7) is 1.45. The first-order valence-corrected chi connectivity index (χ1v) is 6.88. The molecule has 6 nitrogen and oxygen atoms in total. The van der Waals surface area contributed by atoms with Crippen molar-refractivity contribution in [2.45, 2.75) is 6.92 Å². The van der Waals surface area contributed by atoms with Crippen LogP contribution in [0.5, 0.6) is 0 Å². The molecule has 106 valence electrons. The van der Waals surface area contributed by atoms with E-state index < -0.39 is 0 Å². The molecular weight excluding hydrogens is 338 g/mol. The van der Waals surface area contributed by atoms with E-state index in [2.05, 4.69) is 31.4 Å². The molecule has 1 N–H and O–H groups in total. The second-order valence-corrected chi connectivity index (χ2v) is 5.07. The number of nitrogens with one attached hydrogen (secondary N) is 1. The molecule has 0 saturated heterocycles. The van der Waals surface area contributed by atoms with Gasteiger partial charge in [0, 0.05) is 18.6 Å². The SMILES string of the molecule is CC(=O)Nc1ccccc1-c1noc(-c2coc(Br)c2)n1. The molecule has 0 aliphatic heterocycles. The van der Waals surface area contributed by atoms with Crippen molar-refractivity contribution in [1.29, 1.82) is 0 Å². The Balaban J connectivity index is 1.98. The lowest BCUT2D eigenvalue weighted by molar-refractivity contribution is -0.114. The maximum Gasteiger partial charge on any atom is 0.261 e. The van der Waals surface area contributed by atoms with Crippen molar-refractivity contribution in [2.75, 3.05) is 5.32 Å². The third-order valence-corrected chi connectivity index (χ3v) is 3.13. The van der Waals surface area contributed by atoms with Gasteiger partial charge in [-0.2, -0.15) is 4.98 Å². The predicted octanol–water partition coefficient (Wildman–Crippen LogP) is 3.72. The van der Waals surface area contributed by atoms with Crippen molar-refractivity contribution in [3.05, 3.63) is 41.3 Å². The average molecular weight is 348 g/mol.